The molecule has 2 aromatic rings. The molecule has 2 aromatic carbocycles. The molecule has 0 atom stereocenters. The minimum atomic E-state index is -0.147. The van der Waals surface area contributed by atoms with E-state index < -0.39 is 0 Å². The van der Waals surface area contributed by atoms with E-state index in [4.69, 9.17) is 11.5 Å². The first-order valence-electron chi connectivity index (χ1n) is 5.66. The monoisotopic (exact) mass is 244 g/mol. The lowest BCUT2D eigenvalue weighted by atomic mass is 9.91. The molecule has 0 spiro atoms. The van der Waals surface area contributed by atoms with Crippen molar-refractivity contribution in [3.8, 4) is 11.5 Å². The van der Waals surface area contributed by atoms with Crippen LogP contribution in [0.3, 0.4) is 0 Å². The van der Waals surface area contributed by atoms with Crippen LogP contribution in [0.1, 0.15) is 24.0 Å². The molecule has 94 valence electrons. The highest BCUT2D eigenvalue weighted by Crippen LogP contribution is 2.36. The van der Waals surface area contributed by atoms with Crippen LogP contribution in [0.25, 0.3) is 0 Å². The first-order chi connectivity index (χ1) is 8.49. The van der Waals surface area contributed by atoms with Gasteiger partial charge in [0.2, 0.25) is 0 Å². The summed E-state index contributed by atoms with van der Waals surface area (Å²) in [6, 6.07) is 9.95. The van der Waals surface area contributed by atoms with Crippen LogP contribution in [0.4, 0.5) is 11.4 Å². The molecule has 0 aromatic heterocycles. The summed E-state index contributed by atoms with van der Waals surface area (Å²) in [5, 5.41) is 19.8. The van der Waals surface area contributed by atoms with Gasteiger partial charge in [0.1, 0.15) is 11.5 Å². The third kappa shape index (κ3) is 2.18. The molecule has 2 rings (SSSR count). The number of anilines is 2. The molecular weight excluding hydrogens is 228 g/mol. The van der Waals surface area contributed by atoms with Crippen molar-refractivity contribution in [3.63, 3.8) is 0 Å². The van der Waals surface area contributed by atoms with Gasteiger partial charge in [-0.05, 0) is 12.1 Å². The number of phenolic OH excluding ortho intramolecular Hbond substituents is 2. The Morgan fingerprint density at radius 2 is 1.22 bits per heavy atom. The summed E-state index contributed by atoms with van der Waals surface area (Å²) in [4.78, 5) is 0. The zero-order valence-electron chi connectivity index (χ0n) is 10.1. The van der Waals surface area contributed by atoms with Gasteiger partial charge < -0.3 is 21.7 Å². The number of benzene rings is 2. The number of nitrogen functional groups attached to an aromatic ring is 2. The average Bonchev–Trinajstić information content (AvgIpc) is 2.28. The van der Waals surface area contributed by atoms with Crippen molar-refractivity contribution in [2.75, 3.05) is 11.5 Å². The standard InChI is InChI=1S/C14H16N2O2/c1-8(11-4-2-9(15)6-13(11)17)12-5-3-10(16)7-14(12)18/h2-8,17-18H,15-16H2,1H3. The molecule has 0 amide bonds. The molecule has 0 fully saturated rings. The minimum absolute atomic E-state index is 0.124. The molecule has 0 bridgehead atoms. The second kappa shape index (κ2) is 4.49. The summed E-state index contributed by atoms with van der Waals surface area (Å²) in [7, 11) is 0. The fraction of sp³-hybridized carbons (Fsp3) is 0.143. The van der Waals surface area contributed by atoms with E-state index >= 15 is 0 Å². The zero-order valence-corrected chi connectivity index (χ0v) is 10.1. The molecule has 4 nitrogen and oxygen atoms in total. The van der Waals surface area contributed by atoms with Gasteiger partial charge in [-0.15, -0.1) is 0 Å². The molecule has 0 saturated heterocycles. The van der Waals surface area contributed by atoms with Crippen LogP contribution >= 0.6 is 0 Å². The van der Waals surface area contributed by atoms with E-state index in [1.54, 1.807) is 24.3 Å². The molecule has 0 aliphatic heterocycles. The Bertz CT molecular complexity index is 531. The predicted molar refractivity (Wildman–Crippen MR) is 72.6 cm³/mol. The predicted octanol–water partition coefficient (Wildman–Crippen LogP) is 2.41. The molecule has 0 aliphatic rings. The van der Waals surface area contributed by atoms with Gasteiger partial charge in [0, 0.05) is 40.6 Å². The van der Waals surface area contributed by atoms with Gasteiger partial charge in [-0.25, -0.2) is 0 Å². The van der Waals surface area contributed by atoms with E-state index in [-0.39, 0.29) is 17.4 Å². The van der Waals surface area contributed by atoms with E-state index in [1.807, 2.05) is 6.92 Å². The van der Waals surface area contributed by atoms with Gasteiger partial charge in [-0.2, -0.15) is 0 Å². The van der Waals surface area contributed by atoms with E-state index in [2.05, 4.69) is 0 Å². The second-order valence-corrected chi connectivity index (χ2v) is 4.36. The van der Waals surface area contributed by atoms with Gasteiger partial charge in [-0.3, -0.25) is 0 Å². The number of phenols is 2. The topological polar surface area (TPSA) is 92.5 Å². The quantitative estimate of drug-likeness (QED) is 0.610. The van der Waals surface area contributed by atoms with Crippen molar-refractivity contribution in [3.05, 3.63) is 47.5 Å². The molecule has 6 N–H and O–H groups in total. The van der Waals surface area contributed by atoms with Crippen LogP contribution in [0.5, 0.6) is 11.5 Å². The van der Waals surface area contributed by atoms with Gasteiger partial charge in [0.25, 0.3) is 0 Å². The molecule has 0 heterocycles. The molecular formula is C14H16N2O2. The molecule has 0 saturated carbocycles. The van der Waals surface area contributed by atoms with E-state index in [0.717, 1.165) is 0 Å². The lowest BCUT2D eigenvalue weighted by Crippen LogP contribution is -1.99. The summed E-state index contributed by atoms with van der Waals surface area (Å²) >= 11 is 0. The summed E-state index contributed by atoms with van der Waals surface area (Å²) < 4.78 is 0. The fourth-order valence-electron chi connectivity index (χ4n) is 2.02. The van der Waals surface area contributed by atoms with Gasteiger partial charge >= 0.3 is 0 Å². The number of hydrogen-bond acceptors (Lipinski definition) is 4. The smallest absolute Gasteiger partial charge is 0.121 e. The lowest BCUT2D eigenvalue weighted by molar-refractivity contribution is 0.457. The van der Waals surface area contributed by atoms with Crippen LogP contribution in [0, 0.1) is 0 Å². The SMILES string of the molecule is CC(c1ccc(N)cc1O)c1ccc(N)cc1O. The van der Waals surface area contributed by atoms with E-state index in [0.29, 0.717) is 22.5 Å². The maximum absolute atomic E-state index is 9.88. The Kier molecular flexibility index (Phi) is 3.02. The molecule has 0 aliphatic carbocycles. The Balaban J connectivity index is 2.44. The Morgan fingerprint density at radius 3 is 1.56 bits per heavy atom. The molecule has 4 heteroatoms. The highest BCUT2D eigenvalue weighted by atomic mass is 16.3. The average molecular weight is 244 g/mol. The summed E-state index contributed by atoms with van der Waals surface area (Å²) in [6.07, 6.45) is 0. The van der Waals surface area contributed by atoms with Crippen LogP contribution in [-0.2, 0) is 0 Å². The fourth-order valence-corrected chi connectivity index (χ4v) is 2.02. The number of rotatable bonds is 2. The number of nitrogens with two attached hydrogens (primary N) is 2. The van der Waals surface area contributed by atoms with Crippen molar-refractivity contribution in [1.82, 2.24) is 0 Å². The Hall–Kier alpha value is -2.36. The number of hydrogen-bond donors (Lipinski definition) is 4. The molecule has 18 heavy (non-hydrogen) atoms. The van der Waals surface area contributed by atoms with Crippen LogP contribution in [0.15, 0.2) is 36.4 Å². The molecule has 0 radical (unpaired) electrons. The summed E-state index contributed by atoms with van der Waals surface area (Å²) in [6.45, 7) is 1.90. The van der Waals surface area contributed by atoms with Crippen LogP contribution < -0.4 is 11.5 Å². The first-order valence-corrected chi connectivity index (χ1v) is 5.66. The highest BCUT2D eigenvalue weighted by Gasteiger charge is 2.16. The van der Waals surface area contributed by atoms with Gasteiger partial charge in [0.05, 0.1) is 0 Å². The normalized spacial score (nSPS) is 10.8. The first kappa shape index (κ1) is 12.1. The summed E-state index contributed by atoms with van der Waals surface area (Å²) in [5.41, 5.74) is 13.6. The third-order valence-electron chi connectivity index (χ3n) is 3.04. The second-order valence-electron chi connectivity index (χ2n) is 4.36. The Labute approximate surface area is 105 Å². The van der Waals surface area contributed by atoms with Crippen molar-refractivity contribution < 1.29 is 10.2 Å². The maximum atomic E-state index is 9.88. The van der Waals surface area contributed by atoms with Gasteiger partial charge in [0.15, 0.2) is 0 Å². The van der Waals surface area contributed by atoms with Crippen molar-refractivity contribution in [1.29, 1.82) is 0 Å². The van der Waals surface area contributed by atoms with E-state index in [1.165, 1.54) is 12.1 Å². The van der Waals surface area contributed by atoms with Crippen LogP contribution in [0.2, 0.25) is 0 Å². The Morgan fingerprint density at radius 1 is 0.833 bits per heavy atom. The van der Waals surface area contributed by atoms with Gasteiger partial charge in [-0.1, -0.05) is 19.1 Å². The van der Waals surface area contributed by atoms with Crippen molar-refractivity contribution in [2.24, 2.45) is 0 Å². The molecule has 0 unspecified atom stereocenters. The highest BCUT2D eigenvalue weighted by molar-refractivity contribution is 5.55. The minimum Gasteiger partial charge on any atom is -0.508 e. The summed E-state index contributed by atoms with van der Waals surface area (Å²) in [5.74, 6) is 0.101. The zero-order chi connectivity index (χ0) is 13.3. The lowest BCUT2D eigenvalue weighted by Gasteiger charge is -2.16. The van der Waals surface area contributed by atoms with Crippen molar-refractivity contribution in [2.45, 2.75) is 12.8 Å². The van der Waals surface area contributed by atoms with Crippen LogP contribution in [-0.4, -0.2) is 10.2 Å². The third-order valence-corrected chi connectivity index (χ3v) is 3.04. The number of aromatic hydroxyl groups is 2. The maximum Gasteiger partial charge on any atom is 0.121 e. The largest absolute Gasteiger partial charge is 0.508 e. The van der Waals surface area contributed by atoms with Crippen molar-refractivity contribution >= 4 is 11.4 Å². The van der Waals surface area contributed by atoms with E-state index in [9.17, 15) is 10.2 Å².